The molecule has 0 aromatic heterocycles. The van der Waals surface area contributed by atoms with E-state index in [1.165, 1.54) is 0 Å². The minimum atomic E-state index is -0.927. The predicted octanol–water partition coefficient (Wildman–Crippen LogP) is 2.95. The molecule has 1 fully saturated rings. The number of nitrogens with zero attached hydrogens (tertiary/aromatic N) is 2. The van der Waals surface area contributed by atoms with Crippen molar-refractivity contribution in [3.8, 4) is 22.9 Å². The third kappa shape index (κ3) is 3.31. The molecular weight excluding hydrogens is 368 g/mol. The second-order valence-corrected chi connectivity index (χ2v) is 7.70. The van der Waals surface area contributed by atoms with Crippen LogP contribution in [0.3, 0.4) is 0 Å². The highest BCUT2D eigenvalue weighted by Gasteiger charge is 2.47. The van der Waals surface area contributed by atoms with E-state index in [9.17, 15) is 5.26 Å². The molecule has 148 valence electrons. The highest BCUT2D eigenvalue weighted by Crippen LogP contribution is 2.46. The smallest absolute Gasteiger partial charge is 0.221 e. The monoisotopic (exact) mass is 390 g/mol. The summed E-state index contributed by atoms with van der Waals surface area (Å²) in [6.45, 7) is 0.813. The summed E-state index contributed by atoms with van der Waals surface area (Å²) in [6.07, 6.45) is 3.63. The molecule has 0 amide bonds. The summed E-state index contributed by atoms with van der Waals surface area (Å²) in [6, 6.07) is 15.6. The third-order valence-electron chi connectivity index (χ3n) is 5.70. The first-order valence-electron chi connectivity index (χ1n) is 9.88. The van der Waals surface area contributed by atoms with Crippen molar-refractivity contribution >= 4 is 5.96 Å². The summed E-state index contributed by atoms with van der Waals surface area (Å²) in [7, 11) is 0. The molecule has 3 atom stereocenters. The van der Waals surface area contributed by atoms with Gasteiger partial charge in [-0.25, -0.2) is 15.3 Å². The van der Waals surface area contributed by atoms with Gasteiger partial charge in [0.25, 0.3) is 0 Å². The van der Waals surface area contributed by atoms with Crippen LogP contribution in [0.25, 0.3) is 11.1 Å². The molecule has 3 unspecified atom stereocenters. The highest BCUT2D eigenvalue weighted by atomic mass is 16.7. The van der Waals surface area contributed by atoms with Crippen LogP contribution in [0.15, 0.2) is 47.5 Å². The van der Waals surface area contributed by atoms with Crippen LogP contribution in [0.4, 0.5) is 0 Å². The van der Waals surface area contributed by atoms with Crippen molar-refractivity contribution in [3.63, 3.8) is 0 Å². The van der Waals surface area contributed by atoms with Gasteiger partial charge in [-0.2, -0.15) is 5.26 Å². The summed E-state index contributed by atoms with van der Waals surface area (Å²) in [5.74, 6) is 0.991. The van der Waals surface area contributed by atoms with Gasteiger partial charge in [-0.05, 0) is 48.2 Å². The van der Waals surface area contributed by atoms with Crippen molar-refractivity contribution in [2.45, 2.75) is 43.6 Å². The van der Waals surface area contributed by atoms with Gasteiger partial charge in [0, 0.05) is 19.4 Å². The Hall–Kier alpha value is -3.08. The fraction of sp³-hybridized carbons (Fsp3) is 0.364. The van der Waals surface area contributed by atoms with Gasteiger partial charge in [0.15, 0.2) is 0 Å². The van der Waals surface area contributed by atoms with Crippen LogP contribution in [0.5, 0.6) is 5.75 Å². The van der Waals surface area contributed by atoms with Crippen LogP contribution in [0.1, 0.15) is 36.8 Å². The first kappa shape index (κ1) is 18.0. The first-order chi connectivity index (χ1) is 14.1. The van der Waals surface area contributed by atoms with Gasteiger partial charge in [-0.3, -0.25) is 0 Å². The summed E-state index contributed by atoms with van der Waals surface area (Å²) >= 11 is 0. The number of hydroxylamine groups is 1. The van der Waals surface area contributed by atoms with Crippen molar-refractivity contribution < 1.29 is 14.3 Å². The van der Waals surface area contributed by atoms with Crippen molar-refractivity contribution in [3.05, 3.63) is 53.6 Å². The average Bonchev–Trinajstić information content (AvgIpc) is 3.38. The van der Waals surface area contributed by atoms with E-state index in [1.807, 2.05) is 36.4 Å². The summed E-state index contributed by atoms with van der Waals surface area (Å²) < 4.78 is 12.1. The maximum atomic E-state index is 9.20. The minimum absolute atomic E-state index is 0.0742. The number of fused-ring (bicyclic) bond motifs is 2. The van der Waals surface area contributed by atoms with Crippen LogP contribution in [0.2, 0.25) is 0 Å². The summed E-state index contributed by atoms with van der Waals surface area (Å²) in [4.78, 5) is 10.5. The molecule has 0 aliphatic carbocycles. The van der Waals surface area contributed by atoms with E-state index in [2.05, 4.69) is 16.5 Å². The lowest BCUT2D eigenvalue weighted by Gasteiger charge is -2.37. The van der Waals surface area contributed by atoms with Crippen LogP contribution in [-0.4, -0.2) is 24.8 Å². The van der Waals surface area contributed by atoms with E-state index in [-0.39, 0.29) is 18.2 Å². The fourth-order valence-electron chi connectivity index (χ4n) is 4.36. The number of nitriles is 1. The number of rotatable bonds is 3. The molecule has 2 aromatic carbocycles. The molecule has 3 N–H and O–H groups in total. The van der Waals surface area contributed by atoms with Crippen molar-refractivity contribution in [2.75, 3.05) is 6.61 Å². The largest absolute Gasteiger partial charge is 0.490 e. The van der Waals surface area contributed by atoms with E-state index >= 15 is 0 Å². The molecule has 5 rings (SSSR count). The Kier molecular flexibility index (Phi) is 4.38. The molecule has 7 nitrogen and oxygen atoms in total. The van der Waals surface area contributed by atoms with Gasteiger partial charge in [-0.15, -0.1) is 0 Å². The number of ether oxygens (including phenoxy) is 2. The number of nitrogens with two attached hydrogens (primary N) is 1. The molecular formula is C22H22N4O3. The highest BCUT2D eigenvalue weighted by molar-refractivity contribution is 5.79. The average molecular weight is 390 g/mol. The van der Waals surface area contributed by atoms with E-state index in [0.29, 0.717) is 12.0 Å². The fourth-order valence-corrected chi connectivity index (χ4v) is 4.36. The van der Waals surface area contributed by atoms with Gasteiger partial charge in [0.1, 0.15) is 11.9 Å². The summed E-state index contributed by atoms with van der Waals surface area (Å²) in [5, 5.41) is 9.20. The molecule has 2 aromatic rings. The Morgan fingerprint density at radius 2 is 2.10 bits per heavy atom. The molecule has 0 saturated carbocycles. The third-order valence-corrected chi connectivity index (χ3v) is 5.70. The van der Waals surface area contributed by atoms with Gasteiger partial charge >= 0.3 is 0 Å². The van der Waals surface area contributed by atoms with Gasteiger partial charge < -0.3 is 15.2 Å². The molecule has 3 aliphatic rings. The second kappa shape index (κ2) is 7.07. The number of hydrogen-bond donors (Lipinski definition) is 2. The number of nitrogens with one attached hydrogen (secondary N) is 1. The molecule has 29 heavy (non-hydrogen) atoms. The first-order valence-corrected chi connectivity index (χ1v) is 9.88. The van der Waals surface area contributed by atoms with Gasteiger partial charge in [0.2, 0.25) is 11.7 Å². The van der Waals surface area contributed by atoms with E-state index in [4.69, 9.17) is 20.0 Å². The zero-order chi connectivity index (χ0) is 19.8. The van der Waals surface area contributed by atoms with Crippen LogP contribution in [0, 0.1) is 11.3 Å². The molecule has 0 radical (unpaired) electrons. The Bertz CT molecular complexity index is 1010. The topological polar surface area (TPSA) is 102 Å². The van der Waals surface area contributed by atoms with E-state index < -0.39 is 5.72 Å². The lowest BCUT2D eigenvalue weighted by Crippen LogP contribution is -2.40. The maximum Gasteiger partial charge on any atom is 0.221 e. The summed E-state index contributed by atoms with van der Waals surface area (Å²) in [5.41, 5.74) is 11.0. The molecule has 3 heterocycles. The maximum absolute atomic E-state index is 9.20. The van der Waals surface area contributed by atoms with Crippen molar-refractivity contribution in [1.29, 1.82) is 5.26 Å². The second-order valence-electron chi connectivity index (χ2n) is 7.70. The quantitative estimate of drug-likeness (QED) is 0.835. The van der Waals surface area contributed by atoms with Crippen molar-refractivity contribution in [1.82, 2.24) is 5.48 Å². The normalized spacial score (nSPS) is 27.6. The lowest BCUT2D eigenvalue weighted by atomic mass is 9.88. The number of benzene rings is 2. The number of guanidine groups is 1. The molecule has 1 saturated heterocycles. The van der Waals surface area contributed by atoms with Crippen LogP contribution < -0.4 is 16.0 Å². The number of hydrogen-bond acceptors (Lipinski definition) is 7. The number of aliphatic imine (C=N–C) groups is 1. The zero-order valence-electron chi connectivity index (χ0n) is 15.9. The molecule has 3 aliphatic heterocycles. The Labute approximate surface area is 169 Å². The Morgan fingerprint density at radius 3 is 2.86 bits per heavy atom. The van der Waals surface area contributed by atoms with Crippen LogP contribution >= 0.6 is 0 Å². The van der Waals surface area contributed by atoms with E-state index in [0.717, 1.165) is 48.3 Å². The predicted molar refractivity (Wildman–Crippen MR) is 107 cm³/mol. The van der Waals surface area contributed by atoms with E-state index in [1.54, 1.807) is 6.07 Å². The molecule has 7 heteroatoms. The Balaban J connectivity index is 1.52. The van der Waals surface area contributed by atoms with Gasteiger partial charge in [0.05, 0.1) is 23.3 Å². The Morgan fingerprint density at radius 1 is 1.21 bits per heavy atom. The SMILES string of the molecule is N#Cc1cccc(-c2ccc3c(c2)C2(CC(CC4CCCO4)O3)N=C(N)NO2)c1. The standard InChI is InChI=1S/C22H22N4O3/c23-13-14-3-1-4-15(9-14)16-6-7-20-19(10-16)22(25-21(24)26-29-22)12-18(28-20)11-17-5-2-8-27-17/h1,3-4,6-7,9-10,17-18H,2,5,8,11-12H2,(H3,24,25,26). The zero-order valence-corrected chi connectivity index (χ0v) is 15.9. The van der Waals surface area contributed by atoms with Gasteiger partial charge in [-0.1, -0.05) is 18.2 Å². The minimum Gasteiger partial charge on any atom is -0.490 e. The van der Waals surface area contributed by atoms with Crippen LogP contribution in [-0.2, 0) is 15.3 Å². The molecule has 0 bridgehead atoms. The van der Waals surface area contributed by atoms with Crippen molar-refractivity contribution in [2.24, 2.45) is 10.7 Å². The lowest BCUT2D eigenvalue weighted by molar-refractivity contribution is -0.102. The molecule has 1 spiro atoms.